The number of nitrogens with zero attached hydrogens (tertiary/aromatic N) is 2. The van der Waals surface area contributed by atoms with Crippen molar-refractivity contribution in [3.63, 3.8) is 0 Å². The summed E-state index contributed by atoms with van der Waals surface area (Å²) in [4.78, 5) is 14.6. The molecule has 1 aromatic rings. The largest absolute Gasteiger partial charge is 1.00 e. The first-order valence-corrected chi connectivity index (χ1v) is 8.69. The molecule has 0 aromatic carbocycles. The van der Waals surface area contributed by atoms with Gasteiger partial charge in [0.15, 0.2) is 0 Å². The summed E-state index contributed by atoms with van der Waals surface area (Å²) in [6.45, 7) is 0. The maximum absolute atomic E-state index is 11.5. The number of aromatic nitrogens is 2. The molecule has 20 heavy (non-hydrogen) atoms. The average Bonchev–Trinajstić information content (AvgIpc) is 2.57. The molecule has 0 unspecified atom stereocenters. The van der Waals surface area contributed by atoms with E-state index >= 15 is 0 Å². The fourth-order valence-corrected chi connectivity index (χ4v) is 3.36. The number of ether oxygens (including phenoxy) is 1. The van der Waals surface area contributed by atoms with E-state index in [4.69, 9.17) is 8.93 Å². The molecule has 2 N–H and O–H groups in total. The molecule has 1 aromatic heterocycles. The Morgan fingerprint density at radius 3 is 2.75 bits per heavy atom. The van der Waals surface area contributed by atoms with Crippen LogP contribution in [0.1, 0.15) is 12.6 Å². The van der Waals surface area contributed by atoms with Gasteiger partial charge in [0, 0.05) is 0 Å². The van der Waals surface area contributed by atoms with Crippen molar-refractivity contribution >= 4 is 13.0 Å². The quantitative estimate of drug-likeness (QED) is 0.509. The molecule has 2 rings (SSSR count). The minimum absolute atomic E-state index is 0. The molecule has 9 nitrogen and oxygen atoms in total. The molecule has 0 radical (unpaired) electrons. The summed E-state index contributed by atoms with van der Waals surface area (Å²) < 4.78 is 36.6. The molecular formula is C9H11N2NaO7Se. The molecule has 0 saturated carbocycles. The molecule has 11 heteroatoms. The third kappa shape index (κ3) is 4.34. The number of hydrogen-bond acceptors (Lipinski definition) is 7. The monoisotopic (exact) mass is 362 g/mol. The van der Waals surface area contributed by atoms with E-state index in [0.717, 1.165) is 16.8 Å². The van der Waals surface area contributed by atoms with E-state index in [1.54, 1.807) is 0 Å². The zero-order valence-corrected chi connectivity index (χ0v) is 14.3. The Morgan fingerprint density at radius 1 is 1.55 bits per heavy atom. The smallest absolute Gasteiger partial charge is 1.00 e. The van der Waals surface area contributed by atoms with Crippen molar-refractivity contribution in [3.05, 3.63) is 22.7 Å². The molecule has 1 saturated heterocycles. The molecular weight excluding hydrogens is 350 g/mol. The van der Waals surface area contributed by atoms with Gasteiger partial charge in [-0.3, -0.25) is 0 Å². The first-order chi connectivity index (χ1) is 8.76. The second-order valence-corrected chi connectivity index (χ2v) is 7.28. The van der Waals surface area contributed by atoms with Crippen LogP contribution in [-0.4, -0.2) is 44.1 Å². The van der Waals surface area contributed by atoms with Gasteiger partial charge in [-0.25, -0.2) is 0 Å². The third-order valence-corrected chi connectivity index (χ3v) is 4.27. The molecule has 2 heterocycles. The normalized spacial score (nSPS) is 26.2. The molecule has 1 aliphatic rings. The van der Waals surface area contributed by atoms with Gasteiger partial charge in [0.2, 0.25) is 0 Å². The van der Waals surface area contributed by atoms with Crippen molar-refractivity contribution in [2.24, 2.45) is 0 Å². The fourth-order valence-electron chi connectivity index (χ4n) is 1.86. The number of rotatable bonds is 3. The zero-order chi connectivity index (χ0) is 14.2. The van der Waals surface area contributed by atoms with Crippen LogP contribution in [0.3, 0.4) is 0 Å². The molecule has 3 atom stereocenters. The Kier molecular flexibility index (Phi) is 5.88. The molecule has 0 amide bonds. The molecule has 0 bridgehead atoms. The van der Waals surface area contributed by atoms with Crippen LogP contribution in [0.5, 0.6) is 5.88 Å². The van der Waals surface area contributed by atoms with Crippen molar-refractivity contribution in [2.45, 2.75) is 30.2 Å². The van der Waals surface area contributed by atoms with Crippen LogP contribution >= 0.6 is 0 Å². The molecule has 0 aliphatic carbocycles. The Morgan fingerprint density at radius 2 is 2.20 bits per heavy atom. The van der Waals surface area contributed by atoms with Gasteiger partial charge in [-0.15, -0.1) is 0 Å². The van der Waals surface area contributed by atoms with E-state index in [2.05, 4.69) is 4.98 Å². The van der Waals surface area contributed by atoms with Crippen molar-refractivity contribution in [3.8, 4) is 5.88 Å². The van der Waals surface area contributed by atoms with Gasteiger partial charge < -0.3 is 0 Å². The predicted octanol–water partition coefficient (Wildman–Crippen LogP) is -5.24. The first kappa shape index (κ1) is 17.7. The van der Waals surface area contributed by atoms with Gasteiger partial charge in [0.1, 0.15) is 0 Å². The first-order valence-electron chi connectivity index (χ1n) is 5.31. The summed E-state index contributed by atoms with van der Waals surface area (Å²) >= 11 is -5.03. The van der Waals surface area contributed by atoms with Gasteiger partial charge in [-0.2, -0.15) is 0 Å². The van der Waals surface area contributed by atoms with E-state index in [9.17, 15) is 22.7 Å². The predicted molar refractivity (Wildman–Crippen MR) is 56.6 cm³/mol. The topological polar surface area (TPSA) is 142 Å². The summed E-state index contributed by atoms with van der Waals surface area (Å²) in [5, 5.41) is 19.8. The molecule has 1 aliphatic heterocycles. The Hall–Kier alpha value is -0.321. The number of aliphatic hydroxyl groups excluding tert-OH is 1. The van der Waals surface area contributed by atoms with Gasteiger partial charge in [-0.1, -0.05) is 0 Å². The summed E-state index contributed by atoms with van der Waals surface area (Å²) in [5.74, 6) is -0.696. The second-order valence-electron chi connectivity index (χ2n) is 4.14. The molecule has 1 fully saturated rings. The standard InChI is InChI=1S/C9H12N2O7Se.Na/c12-5-3-8(18-6(5)4-19(15,16)17)11-2-1-7(13)10-9(11)14;/h1-2,5-6,8,12H,3-4H2,(H,10,13,14)(H,15,16,17);/q;+1/p-1/t5-,6+,8+;/m0./s1. The van der Waals surface area contributed by atoms with Crippen LogP contribution in [0, 0.1) is 0 Å². The van der Waals surface area contributed by atoms with E-state index in [-0.39, 0.29) is 36.0 Å². The number of aliphatic hydroxyl groups is 1. The van der Waals surface area contributed by atoms with Crippen LogP contribution < -0.4 is 40.4 Å². The van der Waals surface area contributed by atoms with Crippen LogP contribution in [0.25, 0.3) is 0 Å². The van der Waals surface area contributed by atoms with E-state index in [1.165, 1.54) is 0 Å². The minimum Gasteiger partial charge on any atom is 1.00 e. The van der Waals surface area contributed by atoms with Gasteiger partial charge in [0.25, 0.3) is 0 Å². The second kappa shape index (κ2) is 6.63. The Bertz CT molecular complexity index is 631. The van der Waals surface area contributed by atoms with Crippen LogP contribution in [-0.2, 0) is 12.4 Å². The number of hydrogen-bond donors (Lipinski definition) is 2. The summed E-state index contributed by atoms with van der Waals surface area (Å²) in [7, 11) is 0. The van der Waals surface area contributed by atoms with E-state index < -0.39 is 48.4 Å². The van der Waals surface area contributed by atoms with Gasteiger partial charge >= 0.3 is 138 Å². The molecule has 106 valence electrons. The van der Waals surface area contributed by atoms with Crippen molar-refractivity contribution < 1.29 is 56.4 Å². The summed E-state index contributed by atoms with van der Waals surface area (Å²) in [6, 6.07) is 1.05. The van der Waals surface area contributed by atoms with E-state index in [1.807, 2.05) is 0 Å². The Labute approximate surface area is 137 Å². The van der Waals surface area contributed by atoms with Crippen LogP contribution in [0.2, 0.25) is 5.32 Å². The van der Waals surface area contributed by atoms with Crippen molar-refractivity contribution in [1.82, 2.24) is 9.55 Å². The summed E-state index contributed by atoms with van der Waals surface area (Å²) in [6.07, 6.45) is -2.02. The SMILES string of the molecule is O=c1nc([O-])ccn1[C@H]1C[C@H](O)[C@@H](C[Se](=O)(=O)O)O1.[Na+]. The van der Waals surface area contributed by atoms with Crippen LogP contribution in [0.15, 0.2) is 17.1 Å². The van der Waals surface area contributed by atoms with Crippen molar-refractivity contribution in [2.75, 3.05) is 0 Å². The average molecular weight is 361 g/mol. The van der Waals surface area contributed by atoms with Gasteiger partial charge in [-0.05, 0) is 0 Å². The molecule has 0 spiro atoms. The van der Waals surface area contributed by atoms with Crippen molar-refractivity contribution in [1.29, 1.82) is 0 Å². The maximum atomic E-state index is 11.5. The minimum atomic E-state index is -5.03. The van der Waals surface area contributed by atoms with Crippen LogP contribution in [0.4, 0.5) is 0 Å². The fraction of sp³-hybridized carbons (Fsp3) is 0.556. The maximum Gasteiger partial charge on any atom is 1.00 e. The zero-order valence-electron chi connectivity index (χ0n) is 10.5. The van der Waals surface area contributed by atoms with E-state index in [0.29, 0.717) is 0 Å². The summed E-state index contributed by atoms with van der Waals surface area (Å²) in [5.41, 5.74) is -0.844. The Balaban J connectivity index is 0.00000200. The third-order valence-electron chi connectivity index (χ3n) is 2.69. The van der Waals surface area contributed by atoms with Gasteiger partial charge in [0.05, 0.1) is 0 Å².